The summed E-state index contributed by atoms with van der Waals surface area (Å²) in [5.74, 6) is 1.68. The molecule has 0 aliphatic carbocycles. The quantitative estimate of drug-likeness (QED) is 0.757. The van der Waals surface area contributed by atoms with Gasteiger partial charge in [0.25, 0.3) is 0 Å². The summed E-state index contributed by atoms with van der Waals surface area (Å²) < 4.78 is 15.6. The predicted molar refractivity (Wildman–Crippen MR) is 104 cm³/mol. The summed E-state index contributed by atoms with van der Waals surface area (Å²) in [4.78, 5) is 30.7. The number of ether oxygens (including phenoxy) is 2. The number of nitrogens with one attached hydrogen (secondary N) is 2. The maximum Gasteiger partial charge on any atom is 0.321 e. The average molecular weight is 403 g/mol. The number of hydrogen-bond acceptors (Lipinski definition) is 7. The Morgan fingerprint density at radius 3 is 2.62 bits per heavy atom. The summed E-state index contributed by atoms with van der Waals surface area (Å²) in [7, 11) is 3.06. The van der Waals surface area contributed by atoms with Crippen molar-refractivity contribution >= 4 is 17.6 Å². The first-order valence-electron chi connectivity index (χ1n) is 9.35. The van der Waals surface area contributed by atoms with Crippen LogP contribution in [0.15, 0.2) is 22.7 Å². The molecule has 2 heterocycles. The Bertz CT molecular complexity index is 860. The number of likely N-dealkylation sites (tertiary alicyclic amines) is 1. The molecule has 0 atom stereocenters. The number of amides is 3. The Morgan fingerprint density at radius 1 is 1.24 bits per heavy atom. The fourth-order valence-electron chi connectivity index (χ4n) is 3.24. The van der Waals surface area contributed by atoms with Crippen LogP contribution in [0.5, 0.6) is 11.5 Å². The minimum absolute atomic E-state index is 0.0737. The average Bonchev–Trinajstić information content (AvgIpc) is 3.17. The molecular formula is C19H25N5O5. The molecule has 1 saturated heterocycles. The summed E-state index contributed by atoms with van der Waals surface area (Å²) in [5.41, 5.74) is 0.534. The van der Waals surface area contributed by atoms with Crippen LogP contribution in [-0.4, -0.2) is 54.3 Å². The Labute approximate surface area is 168 Å². The topological polar surface area (TPSA) is 119 Å². The molecule has 1 aromatic carbocycles. The van der Waals surface area contributed by atoms with Crippen molar-refractivity contribution in [2.75, 3.05) is 32.6 Å². The van der Waals surface area contributed by atoms with Gasteiger partial charge in [0.1, 0.15) is 0 Å². The number of benzene rings is 1. The Kier molecular flexibility index (Phi) is 6.53. The molecule has 2 aromatic rings. The van der Waals surface area contributed by atoms with Crippen LogP contribution in [0.1, 0.15) is 24.6 Å². The SMILES string of the molecule is COc1cccc(NC(=O)N2CCC(C(=O)NCc3nc(C)no3)CC2)c1OC. The fourth-order valence-corrected chi connectivity index (χ4v) is 3.24. The number of urea groups is 1. The molecule has 10 nitrogen and oxygen atoms in total. The number of carbonyl (C=O) groups is 2. The standard InChI is InChI=1S/C19H25N5O5/c1-12-21-16(29-23-12)11-20-18(25)13-7-9-24(10-8-13)19(26)22-14-5-4-6-15(27-2)17(14)28-3/h4-6,13H,7-11H2,1-3H3,(H,20,25)(H,22,26). The van der Waals surface area contributed by atoms with E-state index in [9.17, 15) is 9.59 Å². The van der Waals surface area contributed by atoms with E-state index in [0.29, 0.717) is 54.8 Å². The van der Waals surface area contributed by atoms with Gasteiger partial charge in [0, 0.05) is 19.0 Å². The van der Waals surface area contributed by atoms with Gasteiger partial charge in [0.2, 0.25) is 11.8 Å². The third kappa shape index (κ3) is 4.95. The molecule has 1 fully saturated rings. The van der Waals surface area contributed by atoms with E-state index in [-0.39, 0.29) is 24.4 Å². The molecule has 29 heavy (non-hydrogen) atoms. The van der Waals surface area contributed by atoms with E-state index < -0.39 is 0 Å². The Hall–Kier alpha value is -3.30. The second kappa shape index (κ2) is 9.26. The Morgan fingerprint density at radius 2 is 2.00 bits per heavy atom. The highest BCUT2D eigenvalue weighted by molar-refractivity contribution is 5.92. The second-order valence-corrected chi connectivity index (χ2v) is 6.69. The first-order chi connectivity index (χ1) is 14.0. The van der Waals surface area contributed by atoms with E-state index in [1.54, 1.807) is 37.1 Å². The lowest BCUT2D eigenvalue weighted by molar-refractivity contribution is -0.126. The maximum atomic E-state index is 12.6. The van der Waals surface area contributed by atoms with Gasteiger partial charge in [0.15, 0.2) is 17.3 Å². The highest BCUT2D eigenvalue weighted by Crippen LogP contribution is 2.35. The van der Waals surface area contributed by atoms with Gasteiger partial charge in [-0.15, -0.1) is 0 Å². The summed E-state index contributed by atoms with van der Waals surface area (Å²) in [6.07, 6.45) is 1.16. The van der Waals surface area contributed by atoms with Gasteiger partial charge in [-0.1, -0.05) is 11.2 Å². The lowest BCUT2D eigenvalue weighted by Crippen LogP contribution is -2.44. The van der Waals surface area contributed by atoms with Gasteiger partial charge < -0.3 is 29.5 Å². The number of piperidine rings is 1. The number of aromatic nitrogens is 2. The molecule has 2 N–H and O–H groups in total. The molecule has 10 heteroatoms. The van der Waals surface area contributed by atoms with E-state index in [4.69, 9.17) is 14.0 Å². The summed E-state index contributed by atoms with van der Waals surface area (Å²) in [6.45, 7) is 2.89. The zero-order chi connectivity index (χ0) is 20.8. The molecule has 156 valence electrons. The minimum atomic E-state index is -0.239. The van der Waals surface area contributed by atoms with Crippen molar-refractivity contribution in [1.82, 2.24) is 20.4 Å². The number of hydrogen-bond donors (Lipinski definition) is 2. The molecule has 1 aromatic heterocycles. The van der Waals surface area contributed by atoms with Crippen molar-refractivity contribution < 1.29 is 23.6 Å². The van der Waals surface area contributed by atoms with Gasteiger partial charge in [-0.05, 0) is 31.9 Å². The summed E-state index contributed by atoms with van der Waals surface area (Å²) in [6, 6.07) is 5.04. The third-order valence-electron chi connectivity index (χ3n) is 4.78. The second-order valence-electron chi connectivity index (χ2n) is 6.69. The van der Waals surface area contributed by atoms with Crippen molar-refractivity contribution in [1.29, 1.82) is 0 Å². The predicted octanol–water partition coefficient (Wildman–Crippen LogP) is 1.96. The summed E-state index contributed by atoms with van der Waals surface area (Å²) >= 11 is 0. The Balaban J connectivity index is 1.50. The third-order valence-corrected chi connectivity index (χ3v) is 4.78. The van der Waals surface area contributed by atoms with Crippen LogP contribution in [0.2, 0.25) is 0 Å². The number of rotatable bonds is 6. The minimum Gasteiger partial charge on any atom is -0.493 e. The van der Waals surface area contributed by atoms with Crippen LogP contribution in [0.25, 0.3) is 0 Å². The highest BCUT2D eigenvalue weighted by atomic mass is 16.5. The van der Waals surface area contributed by atoms with Crippen molar-refractivity contribution in [3.05, 3.63) is 29.9 Å². The van der Waals surface area contributed by atoms with Crippen molar-refractivity contribution in [2.45, 2.75) is 26.3 Å². The van der Waals surface area contributed by atoms with Crippen LogP contribution in [0.4, 0.5) is 10.5 Å². The lowest BCUT2D eigenvalue weighted by atomic mass is 9.96. The zero-order valence-electron chi connectivity index (χ0n) is 16.7. The molecule has 1 aliphatic rings. The van der Waals surface area contributed by atoms with E-state index in [1.165, 1.54) is 7.11 Å². The van der Waals surface area contributed by atoms with E-state index >= 15 is 0 Å². The summed E-state index contributed by atoms with van der Waals surface area (Å²) in [5, 5.41) is 9.35. The van der Waals surface area contributed by atoms with Crippen molar-refractivity contribution in [3.8, 4) is 11.5 Å². The number of anilines is 1. The molecule has 0 saturated carbocycles. The number of carbonyl (C=O) groups excluding carboxylic acids is 2. The molecule has 0 radical (unpaired) electrons. The van der Waals surface area contributed by atoms with Crippen molar-refractivity contribution in [3.63, 3.8) is 0 Å². The first-order valence-corrected chi connectivity index (χ1v) is 9.35. The molecular weight excluding hydrogens is 378 g/mol. The largest absolute Gasteiger partial charge is 0.493 e. The number of para-hydroxylation sites is 1. The molecule has 0 spiro atoms. The van der Waals surface area contributed by atoms with E-state index in [2.05, 4.69) is 20.8 Å². The smallest absolute Gasteiger partial charge is 0.321 e. The number of nitrogens with zero attached hydrogens (tertiary/aromatic N) is 3. The van der Waals surface area contributed by atoms with Crippen molar-refractivity contribution in [2.24, 2.45) is 5.92 Å². The van der Waals surface area contributed by atoms with E-state index in [0.717, 1.165) is 0 Å². The van der Waals surface area contributed by atoms with Crippen LogP contribution < -0.4 is 20.1 Å². The molecule has 3 rings (SSSR count). The monoisotopic (exact) mass is 403 g/mol. The van der Waals surface area contributed by atoms with Gasteiger partial charge in [-0.2, -0.15) is 4.98 Å². The van der Waals surface area contributed by atoms with Gasteiger partial charge in [-0.3, -0.25) is 4.79 Å². The maximum absolute atomic E-state index is 12.6. The molecule has 3 amide bonds. The highest BCUT2D eigenvalue weighted by Gasteiger charge is 2.28. The normalized spacial score (nSPS) is 14.4. The van der Waals surface area contributed by atoms with Gasteiger partial charge in [0.05, 0.1) is 26.5 Å². The van der Waals surface area contributed by atoms with Crippen LogP contribution in [0.3, 0.4) is 0 Å². The van der Waals surface area contributed by atoms with E-state index in [1.807, 2.05) is 0 Å². The lowest BCUT2D eigenvalue weighted by Gasteiger charge is -2.31. The van der Waals surface area contributed by atoms with Gasteiger partial charge >= 0.3 is 6.03 Å². The fraction of sp³-hybridized carbons (Fsp3) is 0.474. The van der Waals surface area contributed by atoms with Crippen LogP contribution in [-0.2, 0) is 11.3 Å². The van der Waals surface area contributed by atoms with Crippen LogP contribution >= 0.6 is 0 Å². The molecule has 1 aliphatic heterocycles. The number of aryl methyl sites for hydroxylation is 1. The van der Waals surface area contributed by atoms with Gasteiger partial charge in [-0.25, -0.2) is 4.79 Å². The van der Waals surface area contributed by atoms with Crippen LogP contribution in [0, 0.1) is 12.8 Å². The molecule has 0 bridgehead atoms. The molecule has 0 unspecified atom stereocenters. The number of methoxy groups -OCH3 is 2. The first kappa shape index (κ1) is 20.4. The zero-order valence-corrected chi connectivity index (χ0v) is 16.7.